The van der Waals surface area contributed by atoms with Gasteiger partial charge in [-0.25, -0.2) is 0 Å². The molecule has 2 rings (SSSR count). The molecule has 1 aliphatic rings. The SMILES string of the molecule is C=C(CCC(=O)OCCOCCOCCOC(C)=O)N1CCN(C(=O)c2ccc(/C=C/C)c([N+](=O)[O-])c2)CC1. The summed E-state index contributed by atoms with van der Waals surface area (Å²) in [5, 5.41) is 11.4. The maximum atomic E-state index is 12.9. The van der Waals surface area contributed by atoms with Gasteiger partial charge in [0.2, 0.25) is 0 Å². The highest BCUT2D eigenvalue weighted by molar-refractivity contribution is 5.95. The standard InChI is InChI=1S/C27H37N3O9/c1-4-5-23-7-8-24(20-25(23)30(34)35)27(33)29-12-10-28(11-13-29)21(2)6-9-26(32)39-19-17-37-15-14-36-16-18-38-22(3)31/h4-5,7-8,20H,2,6,9-19H2,1,3H3/b5-4+. The average Bonchev–Trinajstić information content (AvgIpc) is 2.92. The summed E-state index contributed by atoms with van der Waals surface area (Å²) in [6.45, 7) is 10.7. The minimum Gasteiger partial charge on any atom is -0.463 e. The number of carbonyl (C=O) groups excluding carboxylic acids is 3. The van der Waals surface area contributed by atoms with Crippen molar-refractivity contribution >= 4 is 29.6 Å². The number of nitrogens with zero attached hydrogens (tertiary/aromatic N) is 3. The summed E-state index contributed by atoms with van der Waals surface area (Å²) in [5.74, 6) is -0.960. The molecule has 1 heterocycles. The fourth-order valence-electron chi connectivity index (χ4n) is 3.82. The topological polar surface area (TPSA) is 138 Å². The van der Waals surface area contributed by atoms with Crippen LogP contribution in [0, 0.1) is 10.1 Å². The second kappa shape index (κ2) is 16.9. The number of esters is 2. The molecule has 0 bridgehead atoms. The summed E-state index contributed by atoms with van der Waals surface area (Å²) in [6.07, 6.45) is 3.96. The van der Waals surface area contributed by atoms with Gasteiger partial charge in [-0.15, -0.1) is 0 Å². The normalized spacial score (nSPS) is 13.4. The Balaban J connectivity index is 1.63. The molecule has 1 aromatic carbocycles. The lowest BCUT2D eigenvalue weighted by atomic mass is 10.1. The van der Waals surface area contributed by atoms with E-state index >= 15 is 0 Å². The second-order valence-electron chi connectivity index (χ2n) is 8.66. The highest BCUT2D eigenvalue weighted by Gasteiger charge is 2.25. The quantitative estimate of drug-likeness (QED) is 0.131. The molecular weight excluding hydrogens is 510 g/mol. The van der Waals surface area contributed by atoms with E-state index in [0.717, 1.165) is 5.70 Å². The van der Waals surface area contributed by atoms with E-state index in [0.29, 0.717) is 58.0 Å². The second-order valence-corrected chi connectivity index (χ2v) is 8.66. The Bertz CT molecular complexity index is 1030. The van der Waals surface area contributed by atoms with Crippen LogP contribution >= 0.6 is 0 Å². The molecule has 1 aromatic rings. The number of rotatable bonds is 16. The average molecular weight is 548 g/mol. The smallest absolute Gasteiger partial charge is 0.306 e. The molecular formula is C27H37N3O9. The predicted octanol–water partition coefficient (Wildman–Crippen LogP) is 2.82. The highest BCUT2D eigenvalue weighted by atomic mass is 16.6. The van der Waals surface area contributed by atoms with Gasteiger partial charge < -0.3 is 28.7 Å². The van der Waals surface area contributed by atoms with E-state index in [1.54, 1.807) is 36.1 Å². The first-order valence-electron chi connectivity index (χ1n) is 12.8. The maximum Gasteiger partial charge on any atom is 0.306 e. The Morgan fingerprint density at radius 2 is 1.54 bits per heavy atom. The fraction of sp³-hybridized carbons (Fsp3) is 0.519. The first-order valence-corrected chi connectivity index (χ1v) is 12.8. The Morgan fingerprint density at radius 1 is 0.949 bits per heavy atom. The van der Waals surface area contributed by atoms with Crippen LogP contribution in [0.3, 0.4) is 0 Å². The van der Waals surface area contributed by atoms with Crippen molar-refractivity contribution in [1.82, 2.24) is 9.80 Å². The van der Waals surface area contributed by atoms with Crippen LogP contribution in [0.15, 0.2) is 36.6 Å². The van der Waals surface area contributed by atoms with E-state index in [4.69, 9.17) is 18.9 Å². The molecule has 0 N–H and O–H groups in total. The van der Waals surface area contributed by atoms with Crippen molar-refractivity contribution in [3.8, 4) is 0 Å². The number of piperazine rings is 1. The number of hydrogen-bond acceptors (Lipinski definition) is 10. The summed E-state index contributed by atoms with van der Waals surface area (Å²) >= 11 is 0. The first kappa shape index (κ1) is 31.4. The van der Waals surface area contributed by atoms with Crippen molar-refractivity contribution in [2.75, 3.05) is 65.8 Å². The van der Waals surface area contributed by atoms with Gasteiger partial charge in [0, 0.05) is 50.4 Å². The van der Waals surface area contributed by atoms with E-state index in [2.05, 4.69) is 6.58 Å². The minimum absolute atomic E-state index is 0.105. The molecule has 214 valence electrons. The summed E-state index contributed by atoms with van der Waals surface area (Å²) in [7, 11) is 0. The molecule has 0 unspecified atom stereocenters. The molecule has 12 heteroatoms. The maximum absolute atomic E-state index is 12.9. The van der Waals surface area contributed by atoms with Gasteiger partial charge in [0.25, 0.3) is 11.6 Å². The third-order valence-corrected chi connectivity index (χ3v) is 5.85. The van der Waals surface area contributed by atoms with Crippen LogP contribution < -0.4 is 0 Å². The predicted molar refractivity (Wildman–Crippen MR) is 143 cm³/mol. The minimum atomic E-state index is -0.487. The molecule has 1 aliphatic heterocycles. The number of ether oxygens (including phenoxy) is 4. The van der Waals surface area contributed by atoms with Gasteiger partial charge in [0.1, 0.15) is 13.2 Å². The van der Waals surface area contributed by atoms with Crippen LogP contribution in [0.1, 0.15) is 42.6 Å². The summed E-state index contributed by atoms with van der Waals surface area (Å²) in [4.78, 5) is 50.2. The summed E-state index contributed by atoms with van der Waals surface area (Å²) in [6, 6.07) is 4.51. The van der Waals surface area contributed by atoms with E-state index in [9.17, 15) is 24.5 Å². The van der Waals surface area contributed by atoms with E-state index in [-0.39, 0.29) is 55.3 Å². The van der Waals surface area contributed by atoms with Gasteiger partial charge in [0.15, 0.2) is 0 Å². The zero-order chi connectivity index (χ0) is 28.6. The highest BCUT2D eigenvalue weighted by Crippen LogP contribution is 2.23. The number of amides is 1. The summed E-state index contributed by atoms with van der Waals surface area (Å²) < 4.78 is 20.5. The van der Waals surface area contributed by atoms with Crippen LogP contribution in [0.4, 0.5) is 5.69 Å². The molecule has 1 amide bonds. The number of benzene rings is 1. The van der Waals surface area contributed by atoms with Crippen LogP contribution in [0.25, 0.3) is 6.08 Å². The number of nitro groups is 1. The monoisotopic (exact) mass is 547 g/mol. The van der Waals surface area contributed by atoms with Crippen molar-refractivity contribution in [3.63, 3.8) is 0 Å². The molecule has 0 aromatic heterocycles. The lowest BCUT2D eigenvalue weighted by Crippen LogP contribution is -2.48. The van der Waals surface area contributed by atoms with Gasteiger partial charge >= 0.3 is 11.9 Å². The Morgan fingerprint density at radius 3 is 2.13 bits per heavy atom. The lowest BCUT2D eigenvalue weighted by molar-refractivity contribution is -0.385. The van der Waals surface area contributed by atoms with Crippen molar-refractivity contribution in [3.05, 3.63) is 57.8 Å². The van der Waals surface area contributed by atoms with Crippen molar-refractivity contribution in [2.45, 2.75) is 26.7 Å². The van der Waals surface area contributed by atoms with Crippen molar-refractivity contribution < 1.29 is 38.3 Å². The molecule has 1 fully saturated rings. The zero-order valence-corrected chi connectivity index (χ0v) is 22.6. The van der Waals surface area contributed by atoms with Crippen molar-refractivity contribution in [2.24, 2.45) is 0 Å². The Labute approximate surface area is 228 Å². The number of carbonyl (C=O) groups is 3. The third-order valence-electron chi connectivity index (χ3n) is 5.85. The number of allylic oxidation sites excluding steroid dienone is 2. The van der Waals surface area contributed by atoms with E-state index < -0.39 is 4.92 Å². The molecule has 0 spiro atoms. The van der Waals surface area contributed by atoms with Gasteiger partial charge in [-0.1, -0.05) is 18.7 Å². The molecule has 1 saturated heterocycles. The van der Waals surface area contributed by atoms with E-state index in [1.807, 2.05) is 4.90 Å². The molecule has 0 atom stereocenters. The van der Waals surface area contributed by atoms with Crippen LogP contribution in [0.5, 0.6) is 0 Å². The van der Waals surface area contributed by atoms with Gasteiger partial charge in [-0.3, -0.25) is 24.5 Å². The molecule has 0 saturated carbocycles. The summed E-state index contributed by atoms with van der Waals surface area (Å²) in [5.41, 5.74) is 1.41. The number of hydrogen-bond donors (Lipinski definition) is 0. The Kier molecular flexibility index (Phi) is 13.7. The van der Waals surface area contributed by atoms with Crippen molar-refractivity contribution in [1.29, 1.82) is 0 Å². The van der Waals surface area contributed by atoms with Gasteiger partial charge in [-0.05, 0) is 25.5 Å². The molecule has 39 heavy (non-hydrogen) atoms. The van der Waals surface area contributed by atoms with E-state index in [1.165, 1.54) is 13.0 Å². The van der Waals surface area contributed by atoms with Crippen LogP contribution in [-0.4, -0.2) is 98.4 Å². The van der Waals surface area contributed by atoms with Crippen LogP contribution in [0.2, 0.25) is 0 Å². The third kappa shape index (κ3) is 11.2. The van der Waals surface area contributed by atoms with Crippen LogP contribution in [-0.2, 0) is 28.5 Å². The molecule has 12 nitrogen and oxygen atoms in total. The lowest BCUT2D eigenvalue weighted by Gasteiger charge is -2.37. The number of nitro benzene ring substituents is 1. The zero-order valence-electron chi connectivity index (χ0n) is 22.6. The Hall–Kier alpha value is -3.77. The van der Waals surface area contributed by atoms with Gasteiger partial charge in [-0.2, -0.15) is 0 Å². The largest absolute Gasteiger partial charge is 0.463 e. The first-order chi connectivity index (χ1) is 18.7. The van der Waals surface area contributed by atoms with Gasteiger partial charge in [0.05, 0.1) is 43.3 Å². The molecule has 0 radical (unpaired) electrons. The molecule has 0 aliphatic carbocycles. The fourth-order valence-corrected chi connectivity index (χ4v) is 3.82.